The van der Waals surface area contributed by atoms with E-state index in [9.17, 15) is 13.2 Å². The Labute approximate surface area is 142 Å². The minimum Gasteiger partial charge on any atom is -0.355 e. The fraction of sp³-hybridized carbons (Fsp3) is 0.278. The molecule has 0 unspecified atom stereocenters. The Hall–Kier alpha value is -2.70. The first-order valence-electron chi connectivity index (χ1n) is 7.92. The van der Waals surface area contributed by atoms with Crippen LogP contribution in [0.3, 0.4) is 0 Å². The van der Waals surface area contributed by atoms with Crippen molar-refractivity contribution in [3.05, 3.63) is 59.5 Å². The van der Waals surface area contributed by atoms with E-state index in [-0.39, 0.29) is 5.92 Å². The van der Waals surface area contributed by atoms with E-state index in [1.165, 1.54) is 0 Å². The van der Waals surface area contributed by atoms with Crippen LogP contribution in [0.1, 0.15) is 22.7 Å². The highest BCUT2D eigenvalue weighted by Gasteiger charge is 2.34. The van der Waals surface area contributed by atoms with Crippen LogP contribution in [0.25, 0.3) is 11.0 Å². The van der Waals surface area contributed by atoms with Gasteiger partial charge < -0.3 is 4.90 Å². The van der Waals surface area contributed by atoms with Crippen molar-refractivity contribution < 1.29 is 13.2 Å². The summed E-state index contributed by atoms with van der Waals surface area (Å²) in [7, 11) is 0. The Morgan fingerprint density at radius 3 is 2.44 bits per heavy atom. The van der Waals surface area contributed by atoms with E-state index in [4.69, 9.17) is 0 Å². The van der Waals surface area contributed by atoms with Crippen LogP contribution in [-0.4, -0.2) is 28.0 Å². The molecule has 0 spiro atoms. The number of anilines is 1. The standard InChI is InChI=1S/C18H15F3N4/c1-11-6-13(18(19,20)21)7-23-17(11)25-9-12(10-25)16-8-22-14-4-2-3-5-15(14)24-16/h2-8,12H,9-10H2,1H3. The summed E-state index contributed by atoms with van der Waals surface area (Å²) < 4.78 is 38.2. The second-order valence-electron chi connectivity index (χ2n) is 6.25. The van der Waals surface area contributed by atoms with Gasteiger partial charge in [0.05, 0.1) is 22.3 Å². The molecule has 25 heavy (non-hydrogen) atoms. The highest BCUT2D eigenvalue weighted by molar-refractivity contribution is 5.73. The highest BCUT2D eigenvalue weighted by atomic mass is 19.4. The summed E-state index contributed by atoms with van der Waals surface area (Å²) >= 11 is 0. The fourth-order valence-electron chi connectivity index (χ4n) is 3.06. The average Bonchev–Trinajstić information content (AvgIpc) is 2.54. The molecule has 2 aromatic heterocycles. The number of pyridine rings is 1. The number of benzene rings is 1. The molecular formula is C18H15F3N4. The van der Waals surface area contributed by atoms with Crippen molar-refractivity contribution >= 4 is 16.9 Å². The summed E-state index contributed by atoms with van der Waals surface area (Å²) in [6, 6.07) is 8.81. The summed E-state index contributed by atoms with van der Waals surface area (Å²) in [5.41, 5.74) is 2.41. The molecule has 3 heterocycles. The maximum Gasteiger partial charge on any atom is 0.417 e. The maximum absolute atomic E-state index is 12.7. The summed E-state index contributed by atoms with van der Waals surface area (Å²) in [5, 5.41) is 0. The molecule has 1 saturated heterocycles. The zero-order chi connectivity index (χ0) is 17.6. The maximum atomic E-state index is 12.7. The van der Waals surface area contributed by atoms with E-state index in [0.29, 0.717) is 24.5 Å². The quantitative estimate of drug-likeness (QED) is 0.706. The number of alkyl halides is 3. The molecule has 3 aromatic rings. The molecular weight excluding hydrogens is 329 g/mol. The number of para-hydroxylation sites is 2. The van der Waals surface area contributed by atoms with Gasteiger partial charge in [0.1, 0.15) is 5.82 Å². The lowest BCUT2D eigenvalue weighted by Gasteiger charge is -2.40. The third-order valence-electron chi connectivity index (χ3n) is 4.44. The summed E-state index contributed by atoms with van der Waals surface area (Å²) in [5.74, 6) is 0.804. The second kappa shape index (κ2) is 5.68. The minimum atomic E-state index is -4.37. The monoisotopic (exact) mass is 344 g/mol. The Bertz CT molecular complexity index is 933. The van der Waals surface area contributed by atoms with Crippen LogP contribution in [0.4, 0.5) is 19.0 Å². The lowest BCUT2D eigenvalue weighted by atomic mass is 9.96. The first-order valence-corrected chi connectivity index (χ1v) is 7.92. The molecule has 0 bridgehead atoms. The molecule has 7 heteroatoms. The molecule has 4 nitrogen and oxygen atoms in total. The Morgan fingerprint density at radius 2 is 1.76 bits per heavy atom. The molecule has 1 aliphatic heterocycles. The van der Waals surface area contributed by atoms with Crippen molar-refractivity contribution in [2.75, 3.05) is 18.0 Å². The van der Waals surface area contributed by atoms with Crippen LogP contribution in [0.15, 0.2) is 42.7 Å². The third kappa shape index (κ3) is 2.90. The van der Waals surface area contributed by atoms with Crippen LogP contribution in [0.2, 0.25) is 0 Å². The molecule has 1 fully saturated rings. The van der Waals surface area contributed by atoms with Crippen LogP contribution < -0.4 is 4.90 Å². The van der Waals surface area contributed by atoms with Gasteiger partial charge in [-0.1, -0.05) is 12.1 Å². The minimum absolute atomic E-state index is 0.209. The van der Waals surface area contributed by atoms with E-state index < -0.39 is 11.7 Å². The molecule has 1 aromatic carbocycles. The number of nitrogens with zero attached hydrogens (tertiary/aromatic N) is 4. The van der Waals surface area contributed by atoms with E-state index in [1.54, 1.807) is 13.1 Å². The van der Waals surface area contributed by atoms with Gasteiger partial charge in [-0.05, 0) is 30.7 Å². The SMILES string of the molecule is Cc1cc(C(F)(F)F)cnc1N1CC(c2cnc3ccccc3n2)C1. The van der Waals surface area contributed by atoms with Crippen molar-refractivity contribution in [1.82, 2.24) is 15.0 Å². The molecule has 128 valence electrons. The van der Waals surface area contributed by atoms with E-state index in [2.05, 4.69) is 15.0 Å². The predicted molar refractivity (Wildman–Crippen MR) is 88.5 cm³/mol. The number of aromatic nitrogens is 3. The van der Waals surface area contributed by atoms with E-state index in [1.807, 2.05) is 29.2 Å². The molecule has 0 saturated carbocycles. The smallest absolute Gasteiger partial charge is 0.355 e. The van der Waals surface area contributed by atoms with Gasteiger partial charge in [0.25, 0.3) is 0 Å². The third-order valence-corrected chi connectivity index (χ3v) is 4.44. The molecule has 0 amide bonds. The number of fused-ring (bicyclic) bond motifs is 1. The van der Waals surface area contributed by atoms with Crippen molar-refractivity contribution in [3.63, 3.8) is 0 Å². The van der Waals surface area contributed by atoms with Crippen LogP contribution in [0.5, 0.6) is 0 Å². The fourth-order valence-corrected chi connectivity index (χ4v) is 3.06. The lowest BCUT2D eigenvalue weighted by Crippen LogP contribution is -2.46. The Balaban J connectivity index is 1.51. The summed E-state index contributed by atoms with van der Waals surface area (Å²) in [6.45, 7) is 3.00. The zero-order valence-electron chi connectivity index (χ0n) is 13.5. The summed E-state index contributed by atoms with van der Waals surface area (Å²) in [6.07, 6.45) is -1.70. The first-order chi connectivity index (χ1) is 11.9. The van der Waals surface area contributed by atoms with Crippen molar-refractivity contribution in [3.8, 4) is 0 Å². The van der Waals surface area contributed by atoms with E-state index >= 15 is 0 Å². The van der Waals surface area contributed by atoms with Crippen LogP contribution in [-0.2, 0) is 6.18 Å². The van der Waals surface area contributed by atoms with Gasteiger partial charge in [0, 0.05) is 31.4 Å². The van der Waals surface area contributed by atoms with Crippen molar-refractivity contribution in [2.45, 2.75) is 19.0 Å². The van der Waals surface area contributed by atoms with Gasteiger partial charge in [-0.25, -0.2) is 9.97 Å². The Morgan fingerprint density at radius 1 is 1.04 bits per heavy atom. The van der Waals surface area contributed by atoms with Gasteiger partial charge >= 0.3 is 6.18 Å². The largest absolute Gasteiger partial charge is 0.417 e. The highest BCUT2D eigenvalue weighted by Crippen LogP contribution is 2.35. The molecule has 4 rings (SSSR count). The Kier molecular flexibility index (Phi) is 3.59. The molecule has 0 N–H and O–H groups in total. The number of aryl methyl sites for hydroxylation is 1. The van der Waals surface area contributed by atoms with Crippen LogP contribution in [0, 0.1) is 6.92 Å². The van der Waals surface area contributed by atoms with Gasteiger partial charge in [-0.15, -0.1) is 0 Å². The zero-order valence-corrected chi connectivity index (χ0v) is 13.5. The number of rotatable bonds is 2. The first kappa shape index (κ1) is 15.8. The summed E-state index contributed by atoms with van der Waals surface area (Å²) in [4.78, 5) is 15.0. The topological polar surface area (TPSA) is 41.9 Å². The molecule has 0 aliphatic carbocycles. The lowest BCUT2D eigenvalue weighted by molar-refractivity contribution is -0.137. The van der Waals surface area contributed by atoms with Crippen molar-refractivity contribution in [2.24, 2.45) is 0 Å². The second-order valence-corrected chi connectivity index (χ2v) is 6.25. The molecule has 0 atom stereocenters. The average molecular weight is 344 g/mol. The number of hydrogen-bond donors (Lipinski definition) is 0. The number of hydrogen-bond acceptors (Lipinski definition) is 4. The molecule has 0 radical (unpaired) electrons. The van der Waals surface area contributed by atoms with Gasteiger partial charge in [-0.2, -0.15) is 13.2 Å². The van der Waals surface area contributed by atoms with Gasteiger partial charge in [0.15, 0.2) is 0 Å². The van der Waals surface area contributed by atoms with E-state index in [0.717, 1.165) is 29.0 Å². The van der Waals surface area contributed by atoms with Crippen molar-refractivity contribution in [1.29, 1.82) is 0 Å². The normalized spacial score (nSPS) is 15.4. The predicted octanol–water partition coefficient (Wildman–Crippen LogP) is 3.96. The van der Waals surface area contributed by atoms with Crippen LogP contribution >= 0.6 is 0 Å². The van der Waals surface area contributed by atoms with Gasteiger partial charge in [0.2, 0.25) is 0 Å². The number of halogens is 3. The molecule has 1 aliphatic rings. The van der Waals surface area contributed by atoms with Gasteiger partial charge in [-0.3, -0.25) is 4.98 Å².